The van der Waals surface area contributed by atoms with Crippen LogP contribution in [-0.4, -0.2) is 14.7 Å². The first-order valence-electron chi connectivity index (χ1n) is 9.49. The van der Waals surface area contributed by atoms with Crippen molar-refractivity contribution in [1.82, 2.24) is 0 Å². The van der Waals surface area contributed by atoms with Crippen LogP contribution < -0.4 is 0 Å². The Morgan fingerprint density at radius 2 is 0.833 bits per heavy atom. The van der Waals surface area contributed by atoms with Gasteiger partial charge in [0.15, 0.2) is 0 Å². The van der Waals surface area contributed by atoms with E-state index in [1.54, 1.807) is 0 Å². The second-order valence-corrected chi connectivity index (χ2v) is 7.34. The van der Waals surface area contributed by atoms with Gasteiger partial charge in [-0.05, 0) is 0 Å². The minimum absolute atomic E-state index is 0. The molecule has 6 heteroatoms. The molecule has 0 fully saturated rings. The molecule has 0 saturated carbocycles. The van der Waals surface area contributed by atoms with E-state index in [-0.39, 0.29) is 27.3 Å². The van der Waals surface area contributed by atoms with Crippen molar-refractivity contribution in [3.63, 3.8) is 0 Å². The van der Waals surface area contributed by atoms with Crippen LogP contribution in [0.25, 0.3) is 0 Å². The molecule has 0 spiro atoms. The summed E-state index contributed by atoms with van der Waals surface area (Å²) in [4.78, 5) is 21.6. The van der Waals surface area contributed by atoms with Crippen LogP contribution in [0.2, 0.25) is 0 Å². The Kier molecular flexibility index (Phi) is 29.8. The van der Waals surface area contributed by atoms with Crippen molar-refractivity contribution in [3.05, 3.63) is 6.92 Å². The molecule has 0 radical (unpaired) electrons. The Morgan fingerprint density at radius 1 is 0.625 bits per heavy atom. The predicted octanol–water partition coefficient (Wildman–Crippen LogP) is 6.15. The third-order valence-electron chi connectivity index (χ3n) is 3.85. The molecule has 4 nitrogen and oxygen atoms in total. The van der Waals surface area contributed by atoms with Gasteiger partial charge in [-0.25, -0.2) is 4.57 Å². The molecule has 0 aromatic rings. The summed E-state index contributed by atoms with van der Waals surface area (Å²) in [7, 11) is -4.64. The van der Waals surface area contributed by atoms with Crippen molar-refractivity contribution in [2.75, 3.05) is 0 Å². The van der Waals surface area contributed by atoms with Crippen LogP contribution in [0.15, 0.2) is 0 Å². The number of rotatable bonds is 15. The van der Waals surface area contributed by atoms with Crippen molar-refractivity contribution in [1.29, 1.82) is 0 Å². The molecule has 0 aliphatic rings. The molecular weight excluding hydrogens is 424 g/mol. The molecule has 0 unspecified atom stereocenters. The molecule has 3 N–H and O–H groups in total. The van der Waals surface area contributed by atoms with Crippen molar-refractivity contribution in [2.24, 2.45) is 0 Å². The van der Waals surface area contributed by atoms with Gasteiger partial charge in [0.2, 0.25) is 0 Å². The first kappa shape index (κ1) is 29.8. The number of hydrogen-bond donors (Lipinski definition) is 3. The standard InChI is InChI=1S/C18H37.Cd.H3O4P/c1-3-5-7-9-11-13-15-17-18-16-14-12-10-8-6-4-2;;1-5(2,3)4/h1,3-18H2,2H3;;(H3,1,2,3,4)/q-1;;. The maximum Gasteiger partial charge on any atom is 0.466 e. The van der Waals surface area contributed by atoms with Crippen molar-refractivity contribution in [3.8, 4) is 0 Å². The van der Waals surface area contributed by atoms with Gasteiger partial charge in [0.25, 0.3) is 0 Å². The quantitative estimate of drug-likeness (QED) is 0.118. The van der Waals surface area contributed by atoms with Gasteiger partial charge in [-0.2, -0.15) is 6.42 Å². The van der Waals surface area contributed by atoms with Gasteiger partial charge in [-0.1, -0.05) is 103 Å². The second kappa shape index (κ2) is 24.0. The Hall–Kier alpha value is 1.03. The Bertz CT molecular complexity index is 235. The molecule has 0 amide bonds. The Morgan fingerprint density at radius 3 is 1.04 bits per heavy atom. The smallest absolute Gasteiger partial charge is 0.343 e. The van der Waals surface area contributed by atoms with Crippen LogP contribution in [0.1, 0.15) is 110 Å². The summed E-state index contributed by atoms with van der Waals surface area (Å²) in [5.74, 6) is 0. The van der Waals surface area contributed by atoms with Crippen molar-refractivity contribution >= 4 is 7.82 Å². The first-order valence-corrected chi connectivity index (χ1v) is 11.1. The fourth-order valence-corrected chi connectivity index (χ4v) is 2.55. The third-order valence-corrected chi connectivity index (χ3v) is 3.85. The average molecular weight is 464 g/mol. The molecule has 0 saturated heterocycles. The molecule has 0 atom stereocenters. The Balaban J connectivity index is -0.000000639. The van der Waals surface area contributed by atoms with Crippen LogP contribution in [0.3, 0.4) is 0 Å². The van der Waals surface area contributed by atoms with Gasteiger partial charge >= 0.3 is 7.82 Å². The van der Waals surface area contributed by atoms with Gasteiger partial charge in [0, 0.05) is 27.3 Å². The zero-order valence-corrected chi connectivity index (χ0v) is 20.9. The van der Waals surface area contributed by atoms with Gasteiger partial charge in [-0.15, -0.1) is 0 Å². The number of hydrogen-bond acceptors (Lipinski definition) is 1. The molecule has 24 heavy (non-hydrogen) atoms. The Labute approximate surface area is 170 Å². The SMILES string of the molecule is O=P(O)(O)O.[CH2-]CCCCCCCCCCCCCCCCC.[Cd]. The normalized spacial score (nSPS) is 10.7. The van der Waals surface area contributed by atoms with Gasteiger partial charge < -0.3 is 21.6 Å². The van der Waals surface area contributed by atoms with E-state index in [4.69, 9.17) is 19.2 Å². The van der Waals surface area contributed by atoms with E-state index in [9.17, 15) is 0 Å². The van der Waals surface area contributed by atoms with E-state index in [1.165, 1.54) is 96.3 Å². The molecule has 144 valence electrons. The van der Waals surface area contributed by atoms with Gasteiger partial charge in [-0.3, -0.25) is 0 Å². The molecule has 0 heterocycles. The first-order chi connectivity index (χ1) is 10.9. The maximum absolute atomic E-state index is 8.88. The third kappa shape index (κ3) is 43.5. The van der Waals surface area contributed by atoms with E-state index in [0.29, 0.717) is 0 Å². The molecule has 0 aliphatic carbocycles. The molecule has 0 aromatic heterocycles. The summed E-state index contributed by atoms with van der Waals surface area (Å²) in [6, 6.07) is 0. The van der Waals surface area contributed by atoms with E-state index < -0.39 is 7.82 Å². The maximum atomic E-state index is 8.88. The summed E-state index contributed by atoms with van der Waals surface area (Å²) >= 11 is 0. The fourth-order valence-electron chi connectivity index (χ4n) is 2.55. The molecular formula is C18H40CdO4P-. The second-order valence-electron chi connectivity index (χ2n) is 6.32. The fraction of sp³-hybridized carbons (Fsp3) is 0.944. The predicted molar refractivity (Wildman–Crippen MR) is 99.2 cm³/mol. The van der Waals surface area contributed by atoms with Gasteiger partial charge in [0.05, 0.1) is 0 Å². The minimum Gasteiger partial charge on any atom is -0.343 e. The summed E-state index contributed by atoms with van der Waals surface area (Å²) in [5.41, 5.74) is 0. The number of unbranched alkanes of at least 4 members (excludes halogenated alkanes) is 15. The molecule has 0 aromatic carbocycles. The van der Waals surface area contributed by atoms with Crippen molar-refractivity contribution in [2.45, 2.75) is 110 Å². The molecule has 0 rings (SSSR count). The molecule has 0 bridgehead atoms. The summed E-state index contributed by atoms with van der Waals surface area (Å²) in [6.45, 7) is 6.18. The zero-order valence-electron chi connectivity index (χ0n) is 15.9. The van der Waals surface area contributed by atoms with E-state index in [2.05, 4.69) is 13.8 Å². The minimum atomic E-state index is -4.64. The van der Waals surface area contributed by atoms with Gasteiger partial charge in [0.1, 0.15) is 0 Å². The zero-order chi connectivity index (χ0) is 17.8. The van der Waals surface area contributed by atoms with Crippen LogP contribution in [0.5, 0.6) is 0 Å². The van der Waals surface area contributed by atoms with Crippen molar-refractivity contribution < 1.29 is 46.5 Å². The monoisotopic (exact) mass is 465 g/mol. The topological polar surface area (TPSA) is 77.8 Å². The van der Waals surface area contributed by atoms with E-state index >= 15 is 0 Å². The number of phosphoric acid groups is 1. The summed E-state index contributed by atoms with van der Waals surface area (Å²) < 4.78 is 8.88. The van der Waals surface area contributed by atoms with Crippen LogP contribution in [0, 0.1) is 6.92 Å². The van der Waals surface area contributed by atoms with Crippen LogP contribution in [-0.2, 0) is 31.9 Å². The largest absolute Gasteiger partial charge is 0.466 e. The average Bonchev–Trinajstić information content (AvgIpc) is 2.46. The van der Waals surface area contributed by atoms with E-state index in [1.807, 2.05) is 0 Å². The van der Waals surface area contributed by atoms with Crippen LogP contribution in [0.4, 0.5) is 0 Å². The van der Waals surface area contributed by atoms with E-state index in [0.717, 1.165) is 6.42 Å². The summed E-state index contributed by atoms with van der Waals surface area (Å²) in [6.07, 6.45) is 22.8. The molecule has 0 aliphatic heterocycles. The summed E-state index contributed by atoms with van der Waals surface area (Å²) in [5, 5.41) is 0. The van der Waals surface area contributed by atoms with Crippen LogP contribution >= 0.6 is 7.82 Å².